The Kier molecular flexibility index (Phi) is 7.04. The van der Waals surface area contributed by atoms with Crippen LogP contribution in [0.1, 0.15) is 49.4 Å². The number of ketones is 1. The van der Waals surface area contributed by atoms with Crippen LogP contribution in [0.25, 0.3) is 0 Å². The van der Waals surface area contributed by atoms with Crippen LogP contribution in [0.2, 0.25) is 0 Å². The first-order valence-electron chi connectivity index (χ1n) is 8.87. The number of hydroxylamine groups is 2. The van der Waals surface area contributed by atoms with Crippen molar-refractivity contribution < 1.29 is 14.4 Å². The summed E-state index contributed by atoms with van der Waals surface area (Å²) in [7, 11) is 0. The second kappa shape index (κ2) is 9.05. The summed E-state index contributed by atoms with van der Waals surface area (Å²) in [6, 6.07) is 7.09. The average molecular weight is 396 g/mol. The molecule has 2 aliphatic rings. The zero-order valence-corrected chi connectivity index (χ0v) is 16.2. The maximum Gasteiger partial charge on any atom is 0.226 e. The van der Waals surface area contributed by atoms with Crippen LogP contribution in [-0.2, 0) is 4.84 Å². The fourth-order valence-electron chi connectivity index (χ4n) is 3.29. The van der Waals surface area contributed by atoms with Crippen molar-refractivity contribution in [2.75, 3.05) is 13.2 Å². The van der Waals surface area contributed by atoms with Crippen LogP contribution in [0.15, 0.2) is 34.3 Å². The molecule has 0 aromatic heterocycles. The smallest absolute Gasteiger partial charge is 0.226 e. The molecule has 1 aromatic carbocycles. The SMILES string of the molecule is CC(=O)c1ccc(OCCCON2C(N)=NC(N)=NC23CCCC3)cc1.Cl. The van der Waals surface area contributed by atoms with Crippen LogP contribution in [-0.4, -0.2) is 41.6 Å². The van der Waals surface area contributed by atoms with Gasteiger partial charge in [0.05, 0.1) is 13.2 Å². The van der Waals surface area contributed by atoms with Gasteiger partial charge < -0.3 is 16.2 Å². The van der Waals surface area contributed by atoms with Gasteiger partial charge in [-0.15, -0.1) is 12.4 Å². The van der Waals surface area contributed by atoms with Crippen LogP contribution >= 0.6 is 12.4 Å². The number of nitrogens with two attached hydrogens (primary N) is 2. The van der Waals surface area contributed by atoms with Gasteiger partial charge in [0.15, 0.2) is 11.4 Å². The molecule has 0 unspecified atom stereocenters. The number of aliphatic imine (C=N–C) groups is 2. The van der Waals surface area contributed by atoms with Gasteiger partial charge in [-0.1, -0.05) is 0 Å². The molecule has 1 spiro atoms. The summed E-state index contributed by atoms with van der Waals surface area (Å²) < 4.78 is 5.67. The molecular formula is C18H26ClN5O3. The largest absolute Gasteiger partial charge is 0.494 e. The topological polar surface area (TPSA) is 116 Å². The van der Waals surface area contributed by atoms with Gasteiger partial charge >= 0.3 is 0 Å². The summed E-state index contributed by atoms with van der Waals surface area (Å²) in [5.74, 6) is 1.22. The lowest BCUT2D eigenvalue weighted by atomic mass is 10.1. The van der Waals surface area contributed by atoms with Gasteiger partial charge in [-0.05, 0) is 56.9 Å². The van der Waals surface area contributed by atoms with Crippen molar-refractivity contribution in [2.24, 2.45) is 21.5 Å². The van der Waals surface area contributed by atoms with E-state index in [9.17, 15) is 4.79 Å². The Hall–Kier alpha value is -2.32. The van der Waals surface area contributed by atoms with E-state index in [1.165, 1.54) is 6.92 Å². The van der Waals surface area contributed by atoms with Gasteiger partial charge in [0.25, 0.3) is 0 Å². The standard InChI is InChI=1S/C18H25N5O3.ClH/c1-13(24)14-5-7-15(8-6-14)25-11-4-12-26-23-17(20)21-16(19)22-18(23)9-2-3-10-18;/h5-8H,2-4,9-12H2,1H3,(H4,19,20,21,22);1H. The van der Waals surface area contributed by atoms with Gasteiger partial charge in [0, 0.05) is 12.0 Å². The normalized spacial score (nSPS) is 17.9. The van der Waals surface area contributed by atoms with Crippen molar-refractivity contribution in [3.63, 3.8) is 0 Å². The minimum Gasteiger partial charge on any atom is -0.494 e. The van der Waals surface area contributed by atoms with Crippen LogP contribution < -0.4 is 16.2 Å². The predicted octanol–water partition coefficient (Wildman–Crippen LogP) is 2.23. The number of halogens is 1. The van der Waals surface area contributed by atoms with E-state index < -0.39 is 5.66 Å². The third-order valence-electron chi connectivity index (χ3n) is 4.58. The molecule has 1 aromatic rings. The fourth-order valence-corrected chi connectivity index (χ4v) is 3.29. The molecule has 3 rings (SSSR count). The van der Waals surface area contributed by atoms with Crippen LogP contribution in [0, 0.1) is 0 Å². The molecular weight excluding hydrogens is 370 g/mol. The third kappa shape index (κ3) is 4.90. The van der Waals surface area contributed by atoms with E-state index >= 15 is 0 Å². The minimum absolute atomic E-state index is 0. The van der Waals surface area contributed by atoms with Crippen molar-refractivity contribution in [3.8, 4) is 5.75 Å². The number of carbonyl (C=O) groups is 1. The Bertz CT molecular complexity index is 714. The highest BCUT2D eigenvalue weighted by molar-refractivity contribution is 5.95. The molecule has 0 saturated heterocycles. The zero-order valence-electron chi connectivity index (χ0n) is 15.4. The van der Waals surface area contributed by atoms with Crippen molar-refractivity contribution in [2.45, 2.75) is 44.7 Å². The minimum atomic E-state index is -0.515. The number of nitrogens with zero attached hydrogens (tertiary/aromatic N) is 3. The van der Waals surface area contributed by atoms with E-state index in [-0.39, 0.29) is 30.1 Å². The van der Waals surface area contributed by atoms with Crippen LogP contribution in [0.3, 0.4) is 0 Å². The second-order valence-corrected chi connectivity index (χ2v) is 6.54. The quantitative estimate of drug-likeness (QED) is 0.540. The lowest BCUT2D eigenvalue weighted by molar-refractivity contribution is -0.167. The number of hydrogen-bond acceptors (Lipinski definition) is 8. The van der Waals surface area contributed by atoms with E-state index in [0.29, 0.717) is 25.2 Å². The molecule has 9 heteroatoms. The summed E-state index contributed by atoms with van der Waals surface area (Å²) in [6.45, 7) is 2.46. The average Bonchev–Trinajstić information content (AvgIpc) is 3.05. The lowest BCUT2D eigenvalue weighted by Gasteiger charge is -2.39. The lowest BCUT2D eigenvalue weighted by Crippen LogP contribution is -2.55. The fraction of sp³-hybridized carbons (Fsp3) is 0.500. The number of benzene rings is 1. The molecule has 148 valence electrons. The van der Waals surface area contributed by atoms with Gasteiger partial charge in [0.1, 0.15) is 5.75 Å². The first-order chi connectivity index (χ1) is 12.5. The highest BCUT2D eigenvalue weighted by Gasteiger charge is 2.44. The Balaban J connectivity index is 0.00000261. The van der Waals surface area contributed by atoms with E-state index in [0.717, 1.165) is 31.4 Å². The number of hydrogen-bond donors (Lipinski definition) is 2. The Morgan fingerprint density at radius 1 is 1.19 bits per heavy atom. The predicted molar refractivity (Wildman–Crippen MR) is 106 cm³/mol. The molecule has 27 heavy (non-hydrogen) atoms. The van der Waals surface area contributed by atoms with E-state index in [4.69, 9.17) is 21.0 Å². The van der Waals surface area contributed by atoms with Gasteiger partial charge in [-0.2, -0.15) is 10.1 Å². The number of Topliss-reactive ketones (excluding diaryl/α,β-unsaturated/α-hetero) is 1. The van der Waals surface area contributed by atoms with Gasteiger partial charge in [0.2, 0.25) is 11.9 Å². The highest BCUT2D eigenvalue weighted by atomic mass is 35.5. The second-order valence-electron chi connectivity index (χ2n) is 6.54. The Morgan fingerprint density at radius 3 is 2.48 bits per heavy atom. The molecule has 0 bridgehead atoms. The summed E-state index contributed by atoms with van der Waals surface area (Å²) in [6.07, 6.45) is 4.49. The first-order valence-corrected chi connectivity index (χ1v) is 8.87. The molecule has 0 atom stereocenters. The van der Waals surface area contributed by atoms with Gasteiger partial charge in [-0.3, -0.25) is 9.63 Å². The molecule has 1 aliphatic carbocycles. The van der Waals surface area contributed by atoms with Crippen LogP contribution in [0.4, 0.5) is 0 Å². The number of ether oxygens (including phenoxy) is 1. The molecule has 4 N–H and O–H groups in total. The molecule has 8 nitrogen and oxygen atoms in total. The maximum absolute atomic E-state index is 11.3. The molecule has 0 radical (unpaired) electrons. The first kappa shape index (κ1) is 21.0. The van der Waals surface area contributed by atoms with E-state index in [1.54, 1.807) is 29.3 Å². The molecule has 1 heterocycles. The Labute approximate surface area is 165 Å². The summed E-state index contributed by atoms with van der Waals surface area (Å²) in [4.78, 5) is 25.6. The van der Waals surface area contributed by atoms with Crippen molar-refractivity contribution in [1.29, 1.82) is 0 Å². The Morgan fingerprint density at radius 2 is 1.85 bits per heavy atom. The van der Waals surface area contributed by atoms with Gasteiger partial charge in [-0.25, -0.2) is 4.99 Å². The molecule has 1 aliphatic heterocycles. The summed E-state index contributed by atoms with van der Waals surface area (Å²) >= 11 is 0. The molecule has 1 fully saturated rings. The van der Waals surface area contributed by atoms with Crippen molar-refractivity contribution >= 4 is 30.1 Å². The monoisotopic (exact) mass is 395 g/mol. The van der Waals surface area contributed by atoms with Crippen molar-refractivity contribution in [1.82, 2.24) is 5.06 Å². The number of carbonyl (C=O) groups excluding carboxylic acids is 1. The number of rotatable bonds is 7. The van der Waals surface area contributed by atoms with Crippen molar-refractivity contribution in [3.05, 3.63) is 29.8 Å². The zero-order chi connectivity index (χ0) is 18.6. The number of guanidine groups is 2. The highest BCUT2D eigenvalue weighted by Crippen LogP contribution is 2.38. The van der Waals surface area contributed by atoms with E-state index in [2.05, 4.69) is 9.98 Å². The molecule has 1 saturated carbocycles. The summed E-state index contributed by atoms with van der Waals surface area (Å²) in [5, 5.41) is 1.61. The molecule has 0 amide bonds. The van der Waals surface area contributed by atoms with E-state index in [1.807, 2.05) is 0 Å². The third-order valence-corrected chi connectivity index (χ3v) is 4.58. The summed E-state index contributed by atoms with van der Waals surface area (Å²) in [5.41, 5.74) is 11.9. The van der Waals surface area contributed by atoms with Crippen LogP contribution in [0.5, 0.6) is 5.75 Å². The maximum atomic E-state index is 11.3.